The van der Waals surface area contributed by atoms with Crippen LogP contribution in [0.3, 0.4) is 0 Å². The van der Waals surface area contributed by atoms with E-state index in [-0.39, 0.29) is 0 Å². The summed E-state index contributed by atoms with van der Waals surface area (Å²) >= 11 is 0. The Morgan fingerprint density at radius 2 is 2.25 bits per heavy atom. The average molecular weight is 218 g/mol. The van der Waals surface area contributed by atoms with Gasteiger partial charge in [-0.2, -0.15) is 0 Å². The Labute approximate surface area is 94.0 Å². The number of nitrogens with zero attached hydrogens (tertiary/aromatic N) is 1. The molecule has 1 aromatic carbocycles. The van der Waals surface area contributed by atoms with E-state index < -0.39 is 0 Å². The van der Waals surface area contributed by atoms with Crippen molar-refractivity contribution in [3.8, 4) is 16.9 Å². The normalized spacial score (nSPS) is 10.4. The van der Waals surface area contributed by atoms with E-state index in [1.807, 2.05) is 18.2 Å². The number of aryl methyl sites for hydroxylation is 1. The van der Waals surface area contributed by atoms with E-state index in [0.29, 0.717) is 5.88 Å². The summed E-state index contributed by atoms with van der Waals surface area (Å²) in [6.07, 6.45) is 2.53. The number of methoxy groups -OCH3 is 1. The quantitative estimate of drug-likeness (QED) is 0.859. The predicted molar refractivity (Wildman–Crippen MR) is 62.3 cm³/mol. The first-order valence-electron chi connectivity index (χ1n) is 5.13. The molecule has 0 aliphatic carbocycles. The molecule has 16 heavy (non-hydrogen) atoms. The number of nitrogen functional groups attached to an aromatic ring is 1. The highest BCUT2D eigenvalue weighted by Crippen LogP contribution is 2.30. The lowest BCUT2D eigenvalue weighted by Gasteiger charge is -2.08. The zero-order valence-electron chi connectivity index (χ0n) is 9.36. The second-order valence-corrected chi connectivity index (χ2v) is 3.48. The summed E-state index contributed by atoms with van der Waals surface area (Å²) in [5.74, 6) is 1.23. The highest BCUT2D eigenvalue weighted by atomic mass is 16.5. The Bertz CT molecular complexity index is 492. The van der Waals surface area contributed by atoms with Crippen molar-refractivity contribution in [3.05, 3.63) is 30.0 Å². The van der Waals surface area contributed by atoms with Gasteiger partial charge in [0, 0.05) is 0 Å². The smallest absolute Gasteiger partial charge is 0.229 e. The number of nitrogens with two attached hydrogens (primary N) is 1. The van der Waals surface area contributed by atoms with E-state index in [9.17, 15) is 0 Å². The van der Waals surface area contributed by atoms with Crippen molar-refractivity contribution >= 4 is 5.88 Å². The van der Waals surface area contributed by atoms with Crippen LogP contribution in [-0.2, 0) is 6.42 Å². The fourth-order valence-corrected chi connectivity index (χ4v) is 1.69. The maximum absolute atomic E-state index is 5.67. The summed E-state index contributed by atoms with van der Waals surface area (Å²) in [6, 6.07) is 5.92. The zero-order chi connectivity index (χ0) is 11.5. The Hall–Kier alpha value is -1.97. The molecule has 0 atom stereocenters. The number of hydrogen-bond donors (Lipinski definition) is 1. The van der Waals surface area contributed by atoms with Crippen LogP contribution in [-0.4, -0.2) is 12.3 Å². The van der Waals surface area contributed by atoms with E-state index in [1.54, 1.807) is 13.3 Å². The molecule has 2 rings (SSSR count). The summed E-state index contributed by atoms with van der Waals surface area (Å²) in [6.45, 7) is 2.08. The van der Waals surface area contributed by atoms with Gasteiger partial charge in [-0.05, 0) is 29.7 Å². The van der Waals surface area contributed by atoms with Gasteiger partial charge in [-0.15, -0.1) is 0 Å². The van der Waals surface area contributed by atoms with Gasteiger partial charge in [0.1, 0.15) is 5.75 Å². The lowest BCUT2D eigenvalue weighted by Crippen LogP contribution is -1.92. The minimum atomic E-state index is 0.340. The third-order valence-electron chi connectivity index (χ3n) is 2.57. The SMILES string of the molecule is CCc1cc(-c2cnoc2N)ccc1OC. The number of anilines is 1. The average Bonchev–Trinajstić information content (AvgIpc) is 2.74. The van der Waals surface area contributed by atoms with Gasteiger partial charge in [0.25, 0.3) is 0 Å². The molecule has 0 saturated heterocycles. The van der Waals surface area contributed by atoms with Crippen LogP contribution >= 0.6 is 0 Å². The van der Waals surface area contributed by atoms with Crippen molar-refractivity contribution < 1.29 is 9.26 Å². The Morgan fingerprint density at radius 3 is 2.81 bits per heavy atom. The standard InChI is InChI=1S/C12H14N2O2/c1-3-8-6-9(4-5-11(8)15-2)10-7-14-16-12(10)13/h4-7H,3,13H2,1-2H3. The van der Waals surface area contributed by atoms with Gasteiger partial charge in [-0.25, -0.2) is 0 Å². The van der Waals surface area contributed by atoms with Gasteiger partial charge in [-0.3, -0.25) is 0 Å². The van der Waals surface area contributed by atoms with Crippen LogP contribution in [0.2, 0.25) is 0 Å². The molecule has 1 heterocycles. The summed E-state index contributed by atoms with van der Waals surface area (Å²) < 4.78 is 10.1. The molecule has 84 valence electrons. The lowest BCUT2D eigenvalue weighted by molar-refractivity contribution is 0.410. The van der Waals surface area contributed by atoms with E-state index in [1.165, 1.54) is 0 Å². The molecule has 0 saturated carbocycles. The molecule has 0 fully saturated rings. The first-order valence-corrected chi connectivity index (χ1v) is 5.13. The minimum absolute atomic E-state index is 0.340. The third kappa shape index (κ3) is 1.74. The molecule has 0 aliphatic rings. The van der Waals surface area contributed by atoms with Crippen LogP contribution < -0.4 is 10.5 Å². The number of rotatable bonds is 3. The molecule has 0 radical (unpaired) electrons. The van der Waals surface area contributed by atoms with Crippen LogP contribution in [0.15, 0.2) is 28.9 Å². The largest absolute Gasteiger partial charge is 0.496 e. The summed E-state index contributed by atoms with van der Waals surface area (Å²) in [4.78, 5) is 0. The molecule has 4 heteroatoms. The predicted octanol–water partition coefficient (Wildman–Crippen LogP) is 2.49. The van der Waals surface area contributed by atoms with Crippen LogP contribution in [0.25, 0.3) is 11.1 Å². The second-order valence-electron chi connectivity index (χ2n) is 3.48. The molecular formula is C12H14N2O2. The summed E-state index contributed by atoms with van der Waals surface area (Å²) in [5, 5.41) is 3.66. The maximum Gasteiger partial charge on any atom is 0.229 e. The van der Waals surface area contributed by atoms with Crippen molar-refractivity contribution in [2.24, 2.45) is 0 Å². The highest BCUT2D eigenvalue weighted by molar-refractivity contribution is 5.73. The van der Waals surface area contributed by atoms with Gasteiger partial charge < -0.3 is 15.0 Å². The van der Waals surface area contributed by atoms with Gasteiger partial charge in [-0.1, -0.05) is 18.1 Å². The molecule has 2 aromatic rings. The molecule has 0 amide bonds. The van der Waals surface area contributed by atoms with Crippen LogP contribution in [0, 0.1) is 0 Å². The van der Waals surface area contributed by atoms with Crippen molar-refractivity contribution in [1.82, 2.24) is 5.16 Å². The summed E-state index contributed by atoms with van der Waals surface area (Å²) in [7, 11) is 1.67. The van der Waals surface area contributed by atoms with E-state index in [0.717, 1.165) is 28.9 Å². The van der Waals surface area contributed by atoms with E-state index >= 15 is 0 Å². The van der Waals surface area contributed by atoms with Crippen LogP contribution in [0.4, 0.5) is 5.88 Å². The zero-order valence-corrected chi connectivity index (χ0v) is 9.36. The van der Waals surface area contributed by atoms with Gasteiger partial charge in [0.2, 0.25) is 5.88 Å². The van der Waals surface area contributed by atoms with Crippen molar-refractivity contribution in [1.29, 1.82) is 0 Å². The van der Waals surface area contributed by atoms with Crippen molar-refractivity contribution in [2.45, 2.75) is 13.3 Å². The number of benzene rings is 1. The first-order chi connectivity index (χ1) is 7.76. The Morgan fingerprint density at radius 1 is 1.44 bits per heavy atom. The second kappa shape index (κ2) is 4.26. The van der Waals surface area contributed by atoms with Crippen molar-refractivity contribution in [2.75, 3.05) is 12.8 Å². The topological polar surface area (TPSA) is 61.3 Å². The minimum Gasteiger partial charge on any atom is -0.496 e. The highest BCUT2D eigenvalue weighted by Gasteiger charge is 2.09. The Balaban J connectivity index is 2.48. The number of ether oxygens (including phenoxy) is 1. The molecule has 0 spiro atoms. The summed E-state index contributed by atoms with van der Waals surface area (Å²) in [5.41, 5.74) is 8.63. The molecule has 0 unspecified atom stereocenters. The fourth-order valence-electron chi connectivity index (χ4n) is 1.69. The van der Waals surface area contributed by atoms with E-state index in [4.69, 9.17) is 15.0 Å². The third-order valence-corrected chi connectivity index (χ3v) is 2.57. The van der Waals surface area contributed by atoms with Gasteiger partial charge in [0.15, 0.2) is 0 Å². The van der Waals surface area contributed by atoms with Crippen LogP contribution in [0.5, 0.6) is 5.75 Å². The first kappa shape index (κ1) is 10.5. The number of aromatic nitrogens is 1. The molecule has 2 N–H and O–H groups in total. The fraction of sp³-hybridized carbons (Fsp3) is 0.250. The number of hydrogen-bond acceptors (Lipinski definition) is 4. The molecule has 1 aromatic heterocycles. The van der Waals surface area contributed by atoms with E-state index in [2.05, 4.69) is 12.1 Å². The lowest BCUT2D eigenvalue weighted by atomic mass is 10.0. The Kier molecular flexibility index (Phi) is 2.81. The molecule has 4 nitrogen and oxygen atoms in total. The van der Waals surface area contributed by atoms with Gasteiger partial charge >= 0.3 is 0 Å². The molecular weight excluding hydrogens is 204 g/mol. The van der Waals surface area contributed by atoms with Gasteiger partial charge in [0.05, 0.1) is 18.9 Å². The maximum atomic E-state index is 5.67. The molecule has 0 bridgehead atoms. The van der Waals surface area contributed by atoms with Crippen molar-refractivity contribution in [3.63, 3.8) is 0 Å². The monoisotopic (exact) mass is 218 g/mol. The molecule has 0 aliphatic heterocycles. The van der Waals surface area contributed by atoms with Crippen LogP contribution in [0.1, 0.15) is 12.5 Å².